The molecule has 3 aromatic rings. The van der Waals surface area contributed by atoms with Gasteiger partial charge in [0.05, 0.1) is 22.5 Å². The van der Waals surface area contributed by atoms with Crippen LogP contribution in [0.25, 0.3) is 0 Å². The van der Waals surface area contributed by atoms with Gasteiger partial charge in [-0.3, -0.25) is 19.8 Å². The Kier molecular flexibility index (Phi) is 7.74. The maximum absolute atomic E-state index is 14.0. The minimum absolute atomic E-state index is 0.0640. The summed E-state index contributed by atoms with van der Waals surface area (Å²) in [6.45, 7) is 10.2. The van der Waals surface area contributed by atoms with Gasteiger partial charge in [0.25, 0.3) is 5.69 Å². The Balaban J connectivity index is 1.70. The van der Waals surface area contributed by atoms with Gasteiger partial charge in [0.15, 0.2) is 5.78 Å². The van der Waals surface area contributed by atoms with Crippen LogP contribution >= 0.6 is 11.8 Å². The third-order valence-electron chi connectivity index (χ3n) is 8.21. The predicted octanol–water partition coefficient (Wildman–Crippen LogP) is 7.75. The number of allylic oxidation sites excluding steroid dienone is 3. The number of anilines is 1. The van der Waals surface area contributed by atoms with Crippen molar-refractivity contribution in [1.82, 2.24) is 0 Å². The number of carbonyl (C=O) groups is 1. The molecule has 1 aliphatic carbocycles. The summed E-state index contributed by atoms with van der Waals surface area (Å²) >= 11 is 1.75. The number of hydrogen-bond donors (Lipinski definition) is 1. The van der Waals surface area contributed by atoms with E-state index in [9.17, 15) is 20.2 Å². The molecule has 1 unspecified atom stereocenters. The van der Waals surface area contributed by atoms with Gasteiger partial charge in [-0.15, -0.1) is 11.8 Å². The van der Waals surface area contributed by atoms with Crippen molar-refractivity contribution in [2.24, 2.45) is 11.1 Å². The lowest BCUT2D eigenvalue weighted by Crippen LogP contribution is -2.42. The first kappa shape index (κ1) is 29.2. The second-order valence-electron chi connectivity index (χ2n) is 11.9. The van der Waals surface area contributed by atoms with Gasteiger partial charge in [0, 0.05) is 34.4 Å². The molecule has 1 atom stereocenters. The zero-order valence-electron chi connectivity index (χ0n) is 24.5. The number of para-hydroxylation sites is 2. The van der Waals surface area contributed by atoms with Gasteiger partial charge in [-0.05, 0) is 72.6 Å². The minimum atomic E-state index is -0.657. The highest BCUT2D eigenvalue weighted by Gasteiger charge is 2.46. The summed E-state index contributed by atoms with van der Waals surface area (Å²) < 4.78 is 0. The average molecular weight is 579 g/mol. The molecule has 0 aromatic heterocycles. The number of carbonyl (C=O) groups excluding carboxylic acids is 1. The molecule has 0 saturated heterocycles. The highest BCUT2D eigenvalue weighted by Crippen LogP contribution is 2.52. The Morgan fingerprint density at radius 3 is 2.43 bits per heavy atom. The molecule has 1 heterocycles. The number of aryl methyl sites for hydroxylation is 3. The lowest BCUT2D eigenvalue weighted by molar-refractivity contribution is -0.384. The highest BCUT2D eigenvalue weighted by atomic mass is 32.2. The zero-order chi connectivity index (χ0) is 30.3. The van der Waals surface area contributed by atoms with Crippen LogP contribution in [0.5, 0.6) is 0 Å². The Labute approximate surface area is 250 Å². The third kappa shape index (κ3) is 5.21. The molecular formula is C34H34N4O3S. The molecule has 0 fully saturated rings. The zero-order valence-corrected chi connectivity index (χ0v) is 25.3. The third-order valence-corrected chi connectivity index (χ3v) is 9.44. The molecule has 214 valence electrons. The predicted molar refractivity (Wildman–Crippen MR) is 167 cm³/mol. The van der Waals surface area contributed by atoms with Gasteiger partial charge in [-0.1, -0.05) is 56.3 Å². The molecule has 2 aliphatic rings. The number of nitro benzene ring substituents is 1. The lowest BCUT2D eigenvalue weighted by Gasteiger charge is -2.43. The molecule has 42 heavy (non-hydrogen) atoms. The summed E-state index contributed by atoms with van der Waals surface area (Å²) in [5, 5.41) is 22.6. The van der Waals surface area contributed by atoms with E-state index in [0.29, 0.717) is 24.1 Å². The van der Waals surface area contributed by atoms with Crippen LogP contribution in [0.4, 0.5) is 11.4 Å². The SMILES string of the molecule is Cc1cc(C)c(C2C(C#N)=C(N)N(c3ccccc3[N+](=O)[O-])C3=C2C(=O)CC(C)(C)C3)cc1CSc1ccccc1C. The number of nitro groups is 1. The van der Waals surface area contributed by atoms with Crippen molar-refractivity contribution in [1.29, 1.82) is 5.26 Å². The molecular weight excluding hydrogens is 544 g/mol. The molecule has 1 aliphatic heterocycles. The van der Waals surface area contributed by atoms with Crippen molar-refractivity contribution < 1.29 is 9.72 Å². The number of ketones is 1. The monoisotopic (exact) mass is 578 g/mol. The lowest BCUT2D eigenvalue weighted by atomic mass is 9.68. The maximum atomic E-state index is 14.0. The summed E-state index contributed by atoms with van der Waals surface area (Å²) in [6, 6.07) is 21.1. The summed E-state index contributed by atoms with van der Waals surface area (Å²) in [6.07, 6.45) is 0.795. The minimum Gasteiger partial charge on any atom is -0.384 e. The van der Waals surface area contributed by atoms with Crippen LogP contribution in [0.1, 0.15) is 60.4 Å². The van der Waals surface area contributed by atoms with E-state index < -0.39 is 10.8 Å². The standard InChI is InChI=1S/C34H34N4O3S/c1-20-10-6-9-13-30(20)42-19-23-15-24(22(3)14-21(23)2)31-25(18-35)33(36)37(26-11-7-8-12-27(26)38(40)41)28-16-34(4,5)17-29(39)32(28)31/h6-15,31H,16-17,19,36H2,1-5H3. The molecule has 0 radical (unpaired) electrons. The van der Waals surface area contributed by atoms with Gasteiger partial charge in [0.1, 0.15) is 11.5 Å². The first-order valence-corrected chi connectivity index (χ1v) is 14.9. The van der Waals surface area contributed by atoms with Crippen LogP contribution in [0.15, 0.2) is 88.2 Å². The van der Waals surface area contributed by atoms with E-state index >= 15 is 0 Å². The highest BCUT2D eigenvalue weighted by molar-refractivity contribution is 7.98. The number of nitrogens with zero attached hydrogens (tertiary/aromatic N) is 3. The Morgan fingerprint density at radius 1 is 1.05 bits per heavy atom. The van der Waals surface area contributed by atoms with Crippen molar-refractivity contribution in [3.05, 3.63) is 121 Å². The number of Topliss-reactive ketones (excluding diaryl/α,β-unsaturated/α-hetero) is 1. The number of thioether (sulfide) groups is 1. The second-order valence-corrected chi connectivity index (χ2v) is 12.9. The van der Waals surface area contributed by atoms with Crippen LogP contribution in [0, 0.1) is 47.6 Å². The van der Waals surface area contributed by atoms with Gasteiger partial charge < -0.3 is 5.73 Å². The van der Waals surface area contributed by atoms with Gasteiger partial charge in [-0.25, -0.2) is 0 Å². The van der Waals surface area contributed by atoms with E-state index in [1.54, 1.807) is 34.9 Å². The molecule has 0 spiro atoms. The van der Waals surface area contributed by atoms with Gasteiger partial charge in [-0.2, -0.15) is 5.26 Å². The van der Waals surface area contributed by atoms with Crippen LogP contribution in [-0.2, 0) is 10.5 Å². The smallest absolute Gasteiger partial charge is 0.293 e. The second kappa shape index (κ2) is 11.1. The van der Waals surface area contributed by atoms with Crippen LogP contribution in [0.2, 0.25) is 0 Å². The molecule has 0 amide bonds. The van der Waals surface area contributed by atoms with E-state index in [4.69, 9.17) is 5.73 Å². The number of nitrogens with two attached hydrogens (primary N) is 1. The normalized spacial score (nSPS) is 18.1. The van der Waals surface area contributed by atoms with Crippen molar-refractivity contribution in [2.75, 3.05) is 4.90 Å². The van der Waals surface area contributed by atoms with Crippen molar-refractivity contribution in [2.45, 2.75) is 64.0 Å². The van der Waals surface area contributed by atoms with Gasteiger partial charge >= 0.3 is 0 Å². The van der Waals surface area contributed by atoms with Crippen LogP contribution in [0.3, 0.4) is 0 Å². The van der Waals surface area contributed by atoms with E-state index in [2.05, 4.69) is 44.2 Å². The van der Waals surface area contributed by atoms with Crippen LogP contribution < -0.4 is 10.6 Å². The van der Waals surface area contributed by atoms with E-state index in [1.165, 1.54) is 16.5 Å². The molecule has 0 saturated carbocycles. The molecule has 3 aromatic carbocycles. The summed E-state index contributed by atoms with van der Waals surface area (Å²) in [7, 11) is 0. The van der Waals surface area contributed by atoms with E-state index in [1.807, 2.05) is 32.9 Å². The molecule has 5 rings (SSSR count). The largest absolute Gasteiger partial charge is 0.384 e. The maximum Gasteiger partial charge on any atom is 0.293 e. The Hall–Kier alpha value is -4.35. The first-order chi connectivity index (χ1) is 19.9. The van der Waals surface area contributed by atoms with Crippen molar-refractivity contribution >= 4 is 28.9 Å². The number of benzene rings is 3. The first-order valence-electron chi connectivity index (χ1n) is 13.9. The van der Waals surface area contributed by atoms with Crippen LogP contribution in [-0.4, -0.2) is 10.7 Å². The van der Waals surface area contributed by atoms with Gasteiger partial charge in [0.2, 0.25) is 0 Å². The summed E-state index contributed by atoms with van der Waals surface area (Å²) in [5.41, 5.74) is 13.2. The Morgan fingerprint density at radius 2 is 1.74 bits per heavy atom. The van der Waals surface area contributed by atoms with Crippen molar-refractivity contribution in [3.63, 3.8) is 0 Å². The Bertz CT molecular complexity index is 1730. The fraction of sp³-hybridized carbons (Fsp3) is 0.294. The molecule has 8 heteroatoms. The molecule has 0 bridgehead atoms. The topological polar surface area (TPSA) is 113 Å². The molecule has 7 nitrogen and oxygen atoms in total. The van der Waals surface area contributed by atoms with E-state index in [0.717, 1.165) is 28.0 Å². The quantitative estimate of drug-likeness (QED) is 0.181. The fourth-order valence-electron chi connectivity index (χ4n) is 6.16. The number of hydrogen-bond acceptors (Lipinski definition) is 7. The summed E-state index contributed by atoms with van der Waals surface area (Å²) in [4.78, 5) is 28.4. The molecule has 2 N–H and O–H groups in total. The van der Waals surface area contributed by atoms with E-state index in [-0.39, 0.29) is 34.0 Å². The number of nitriles is 1. The summed E-state index contributed by atoms with van der Waals surface area (Å²) in [5.74, 6) is 0.130. The fourth-order valence-corrected chi connectivity index (χ4v) is 7.25. The average Bonchev–Trinajstić information content (AvgIpc) is 2.92. The van der Waals surface area contributed by atoms with Crippen molar-refractivity contribution in [3.8, 4) is 6.07 Å². The number of rotatable bonds is 6.